The molecule has 1 aromatic heterocycles. The van der Waals surface area contributed by atoms with Crippen LogP contribution < -0.4 is 9.62 Å². The molecule has 1 atom stereocenters. The summed E-state index contributed by atoms with van der Waals surface area (Å²) < 4.78 is 46.9. The Balaban J connectivity index is 1.26. The Hall–Kier alpha value is -3.24. The normalized spacial score (nSPS) is 18.9. The molecule has 0 spiro atoms. The standard InChI is InChI=1S/C26H29FN4O4S/c1-17-26(18(2)35-29-17)36(33,34)31-16-24(22-5-3-4-6-23(22)31)30-13-11-21(12-14-30)28-25(32)15-19-7-9-20(27)10-8-19/h3-10,21,24H,11-16H2,1-2H3,(H,28,32)/t24-/m0/s1. The highest BCUT2D eigenvalue weighted by Crippen LogP contribution is 2.42. The van der Waals surface area contributed by atoms with E-state index in [1.165, 1.54) is 16.4 Å². The number of aryl methyl sites for hydroxylation is 2. The van der Waals surface area contributed by atoms with E-state index in [0.29, 0.717) is 17.9 Å². The predicted molar refractivity (Wildman–Crippen MR) is 133 cm³/mol. The van der Waals surface area contributed by atoms with E-state index in [9.17, 15) is 17.6 Å². The number of amides is 1. The number of carbonyl (C=O) groups is 1. The molecular formula is C26H29FN4O4S. The van der Waals surface area contributed by atoms with E-state index in [0.717, 1.165) is 37.1 Å². The van der Waals surface area contributed by atoms with Crippen LogP contribution in [0.3, 0.4) is 0 Å². The summed E-state index contributed by atoms with van der Waals surface area (Å²) in [5.41, 5.74) is 2.78. The van der Waals surface area contributed by atoms with E-state index in [2.05, 4.69) is 15.4 Å². The molecule has 1 saturated heterocycles. The average molecular weight is 513 g/mol. The molecule has 2 aromatic carbocycles. The molecule has 2 aliphatic heterocycles. The van der Waals surface area contributed by atoms with Crippen molar-refractivity contribution in [2.45, 2.75) is 50.1 Å². The number of halogens is 1. The van der Waals surface area contributed by atoms with Crippen molar-refractivity contribution in [3.63, 3.8) is 0 Å². The second-order valence-corrected chi connectivity index (χ2v) is 11.2. The van der Waals surface area contributed by atoms with Gasteiger partial charge in [0.1, 0.15) is 11.5 Å². The van der Waals surface area contributed by atoms with E-state index in [4.69, 9.17) is 4.52 Å². The third-order valence-corrected chi connectivity index (χ3v) is 9.06. The maximum atomic E-state index is 13.6. The molecule has 8 nitrogen and oxygen atoms in total. The van der Waals surface area contributed by atoms with Crippen molar-refractivity contribution >= 4 is 21.6 Å². The van der Waals surface area contributed by atoms with Crippen molar-refractivity contribution in [3.05, 3.63) is 76.9 Å². The number of carbonyl (C=O) groups excluding carboxylic acids is 1. The first-order valence-corrected chi connectivity index (χ1v) is 13.5. The fraction of sp³-hybridized carbons (Fsp3) is 0.385. The van der Waals surface area contributed by atoms with Crippen LogP contribution in [-0.2, 0) is 21.2 Å². The fourth-order valence-corrected chi connectivity index (χ4v) is 7.06. The first-order valence-electron chi connectivity index (χ1n) is 12.1. The molecule has 0 radical (unpaired) electrons. The van der Waals surface area contributed by atoms with Gasteiger partial charge in [-0.2, -0.15) is 0 Å². The number of aromatic nitrogens is 1. The number of rotatable bonds is 6. The van der Waals surface area contributed by atoms with Gasteiger partial charge in [-0.25, -0.2) is 12.8 Å². The van der Waals surface area contributed by atoms with E-state index >= 15 is 0 Å². The zero-order chi connectivity index (χ0) is 25.4. The third-order valence-electron chi connectivity index (χ3n) is 7.03. The molecule has 1 N–H and O–H groups in total. The van der Waals surface area contributed by atoms with Crippen molar-refractivity contribution in [3.8, 4) is 0 Å². The lowest BCUT2D eigenvalue weighted by atomic mass is 10.00. The van der Waals surface area contributed by atoms with Crippen LogP contribution in [0, 0.1) is 19.7 Å². The van der Waals surface area contributed by atoms with Gasteiger partial charge < -0.3 is 9.84 Å². The Bertz CT molecular complexity index is 1350. The zero-order valence-electron chi connectivity index (χ0n) is 20.3. The lowest BCUT2D eigenvalue weighted by Gasteiger charge is -2.36. The van der Waals surface area contributed by atoms with Crippen molar-refractivity contribution in [1.82, 2.24) is 15.4 Å². The summed E-state index contributed by atoms with van der Waals surface area (Å²) in [5.74, 6) is -0.119. The summed E-state index contributed by atoms with van der Waals surface area (Å²) in [6.45, 7) is 5.03. The van der Waals surface area contributed by atoms with Gasteiger partial charge in [0.2, 0.25) is 5.91 Å². The largest absolute Gasteiger partial charge is 0.360 e. The van der Waals surface area contributed by atoms with Crippen LogP contribution in [0.4, 0.5) is 10.1 Å². The lowest BCUT2D eigenvalue weighted by Crippen LogP contribution is -2.47. The Morgan fingerprint density at radius 3 is 2.47 bits per heavy atom. The van der Waals surface area contributed by atoms with Gasteiger partial charge in [0, 0.05) is 19.1 Å². The highest BCUT2D eigenvalue weighted by Gasteiger charge is 2.41. The second kappa shape index (κ2) is 9.67. The molecule has 1 fully saturated rings. The van der Waals surface area contributed by atoms with Crippen LogP contribution in [-0.4, -0.2) is 50.1 Å². The summed E-state index contributed by atoms with van der Waals surface area (Å²) in [4.78, 5) is 14.9. The molecular weight excluding hydrogens is 483 g/mol. The first-order chi connectivity index (χ1) is 17.2. The van der Waals surface area contributed by atoms with Crippen molar-refractivity contribution in [2.24, 2.45) is 0 Å². The third kappa shape index (κ3) is 4.62. The summed E-state index contributed by atoms with van der Waals surface area (Å²) in [7, 11) is -3.83. The summed E-state index contributed by atoms with van der Waals surface area (Å²) in [6, 6.07) is 13.5. The number of fused-ring (bicyclic) bond motifs is 1. The van der Waals surface area contributed by atoms with Gasteiger partial charge in [-0.05, 0) is 56.0 Å². The van der Waals surface area contributed by atoms with Gasteiger partial charge in [-0.15, -0.1) is 0 Å². The molecule has 1 amide bonds. The van der Waals surface area contributed by atoms with Gasteiger partial charge >= 0.3 is 0 Å². The number of nitrogens with zero attached hydrogens (tertiary/aromatic N) is 3. The molecule has 0 saturated carbocycles. The fourth-order valence-electron chi connectivity index (χ4n) is 5.26. The number of nitrogens with one attached hydrogen (secondary N) is 1. The van der Waals surface area contributed by atoms with Crippen molar-refractivity contribution in [1.29, 1.82) is 0 Å². The number of sulfonamides is 1. The Morgan fingerprint density at radius 2 is 1.81 bits per heavy atom. The molecule has 2 aliphatic rings. The number of hydrogen-bond donors (Lipinski definition) is 1. The summed E-state index contributed by atoms with van der Waals surface area (Å²) in [5, 5.41) is 6.93. The quantitative estimate of drug-likeness (QED) is 0.543. The van der Waals surface area contributed by atoms with E-state index in [-0.39, 0.29) is 40.9 Å². The number of piperidine rings is 1. The highest BCUT2D eigenvalue weighted by atomic mass is 32.2. The number of likely N-dealkylation sites (tertiary alicyclic amines) is 1. The number of anilines is 1. The molecule has 3 heterocycles. The van der Waals surface area contributed by atoms with Gasteiger partial charge in [-0.1, -0.05) is 35.5 Å². The molecule has 36 heavy (non-hydrogen) atoms. The van der Waals surface area contributed by atoms with E-state index in [1.54, 1.807) is 26.0 Å². The van der Waals surface area contributed by atoms with Crippen molar-refractivity contribution < 1.29 is 22.1 Å². The SMILES string of the molecule is Cc1noc(C)c1S(=O)(=O)N1C[C@H](N2CCC(NC(=O)Cc3ccc(F)cc3)CC2)c2ccccc21. The van der Waals surface area contributed by atoms with Gasteiger partial charge in [0.25, 0.3) is 10.0 Å². The Labute approximate surface area is 210 Å². The number of para-hydroxylation sites is 1. The average Bonchev–Trinajstić information content (AvgIpc) is 3.42. The van der Waals surface area contributed by atoms with Gasteiger partial charge in [0.15, 0.2) is 10.7 Å². The zero-order valence-corrected chi connectivity index (χ0v) is 21.1. The molecule has 0 bridgehead atoms. The van der Waals surface area contributed by atoms with Crippen LogP contribution >= 0.6 is 0 Å². The van der Waals surface area contributed by atoms with E-state index in [1.807, 2.05) is 24.3 Å². The molecule has 0 unspecified atom stereocenters. The lowest BCUT2D eigenvalue weighted by molar-refractivity contribution is -0.121. The van der Waals surface area contributed by atoms with Gasteiger partial charge in [0.05, 0.1) is 24.7 Å². The van der Waals surface area contributed by atoms with E-state index < -0.39 is 10.0 Å². The molecule has 10 heteroatoms. The van der Waals surface area contributed by atoms with Crippen LogP contribution in [0.25, 0.3) is 0 Å². The minimum Gasteiger partial charge on any atom is -0.360 e. The topological polar surface area (TPSA) is 95.8 Å². The Morgan fingerprint density at radius 1 is 1.11 bits per heavy atom. The highest BCUT2D eigenvalue weighted by molar-refractivity contribution is 7.93. The maximum absolute atomic E-state index is 13.6. The first kappa shape index (κ1) is 24.5. The number of hydrogen-bond acceptors (Lipinski definition) is 6. The molecule has 3 aromatic rings. The molecule has 190 valence electrons. The minimum absolute atomic E-state index is 0.0491. The maximum Gasteiger partial charge on any atom is 0.269 e. The van der Waals surface area contributed by atoms with Crippen LogP contribution in [0.1, 0.15) is 41.5 Å². The number of benzene rings is 2. The smallest absolute Gasteiger partial charge is 0.269 e. The summed E-state index contributed by atoms with van der Waals surface area (Å²) in [6.07, 6.45) is 1.75. The van der Waals surface area contributed by atoms with Crippen molar-refractivity contribution in [2.75, 3.05) is 23.9 Å². The van der Waals surface area contributed by atoms with Gasteiger partial charge in [-0.3, -0.25) is 14.0 Å². The minimum atomic E-state index is -3.83. The monoisotopic (exact) mass is 512 g/mol. The van der Waals surface area contributed by atoms with Crippen LogP contribution in [0.5, 0.6) is 0 Å². The van der Waals surface area contributed by atoms with Crippen LogP contribution in [0.2, 0.25) is 0 Å². The molecule has 5 rings (SSSR count). The second-order valence-electron chi connectivity index (χ2n) is 9.45. The Kier molecular flexibility index (Phi) is 6.57. The molecule has 0 aliphatic carbocycles. The predicted octanol–water partition coefficient (Wildman–Crippen LogP) is 3.50. The van der Waals surface area contributed by atoms with Crippen LogP contribution in [0.15, 0.2) is 57.9 Å². The summed E-state index contributed by atoms with van der Waals surface area (Å²) >= 11 is 0.